The minimum atomic E-state index is -0.737. The van der Waals surface area contributed by atoms with Crippen molar-refractivity contribution in [3.05, 3.63) is 34.4 Å². The van der Waals surface area contributed by atoms with Gasteiger partial charge in [0.25, 0.3) is 0 Å². The highest BCUT2D eigenvalue weighted by Crippen LogP contribution is 2.19. The molecule has 0 heterocycles. The molecule has 0 amide bonds. The van der Waals surface area contributed by atoms with Gasteiger partial charge in [0.2, 0.25) is 6.08 Å². The molecule has 0 aliphatic heterocycles. The van der Waals surface area contributed by atoms with Crippen LogP contribution in [0.2, 0.25) is 5.02 Å². The van der Waals surface area contributed by atoms with Gasteiger partial charge in [-0.05, 0) is 12.1 Å². The van der Waals surface area contributed by atoms with Gasteiger partial charge in [0.15, 0.2) is 0 Å². The molecule has 0 bridgehead atoms. The summed E-state index contributed by atoms with van der Waals surface area (Å²) in [4.78, 5) is 12.8. The van der Waals surface area contributed by atoms with Gasteiger partial charge in [0.05, 0.1) is 11.6 Å². The Hall–Kier alpha value is -1.25. The molecular weight excluding hydrogens is 200 g/mol. The normalized spacial score (nSPS) is 9.46. The first-order valence-electron chi connectivity index (χ1n) is 3.32. The van der Waals surface area contributed by atoms with E-state index in [1.165, 1.54) is 6.08 Å². The van der Waals surface area contributed by atoms with Crippen molar-refractivity contribution in [2.45, 2.75) is 6.54 Å². The van der Waals surface area contributed by atoms with Crippen LogP contribution in [0.1, 0.15) is 5.56 Å². The molecular formula is C8H4ClF2NO. The first-order chi connectivity index (χ1) is 6.15. The van der Waals surface area contributed by atoms with Gasteiger partial charge in [0.1, 0.15) is 11.6 Å². The Labute approximate surface area is 77.9 Å². The van der Waals surface area contributed by atoms with Gasteiger partial charge in [-0.2, -0.15) is 0 Å². The van der Waals surface area contributed by atoms with Gasteiger partial charge in [-0.15, -0.1) is 0 Å². The van der Waals surface area contributed by atoms with Crippen LogP contribution < -0.4 is 0 Å². The lowest BCUT2D eigenvalue weighted by Gasteiger charge is -1.99. The quantitative estimate of drug-likeness (QED) is 0.412. The molecule has 0 fully saturated rings. The van der Waals surface area contributed by atoms with Crippen LogP contribution in [0.25, 0.3) is 0 Å². The molecule has 5 heteroatoms. The number of benzene rings is 1. The molecule has 0 aromatic heterocycles. The van der Waals surface area contributed by atoms with Gasteiger partial charge in [-0.3, -0.25) is 0 Å². The van der Waals surface area contributed by atoms with Crippen LogP contribution in [0, 0.1) is 11.6 Å². The highest BCUT2D eigenvalue weighted by Gasteiger charge is 2.07. The molecule has 0 saturated carbocycles. The molecule has 0 unspecified atom stereocenters. The van der Waals surface area contributed by atoms with E-state index in [9.17, 15) is 13.6 Å². The second-order valence-electron chi connectivity index (χ2n) is 2.27. The van der Waals surface area contributed by atoms with E-state index < -0.39 is 11.6 Å². The van der Waals surface area contributed by atoms with Crippen LogP contribution in [0.4, 0.5) is 8.78 Å². The fraction of sp³-hybridized carbons (Fsp3) is 0.125. The third-order valence-corrected chi connectivity index (χ3v) is 1.69. The lowest BCUT2D eigenvalue weighted by molar-refractivity contribution is 0.560. The number of isocyanates is 1. The van der Waals surface area contributed by atoms with Crippen LogP contribution >= 0.6 is 11.6 Å². The Morgan fingerprint density at radius 2 is 2.08 bits per heavy atom. The summed E-state index contributed by atoms with van der Waals surface area (Å²) in [6, 6.07) is 1.74. The lowest BCUT2D eigenvalue weighted by atomic mass is 10.2. The Balaban J connectivity index is 3.07. The van der Waals surface area contributed by atoms with Gasteiger partial charge in [-0.25, -0.2) is 18.6 Å². The van der Waals surface area contributed by atoms with E-state index in [0.717, 1.165) is 12.1 Å². The van der Waals surface area contributed by atoms with Crippen LogP contribution in [-0.4, -0.2) is 6.08 Å². The molecule has 1 rings (SSSR count). The number of halogens is 3. The number of hydrogen-bond acceptors (Lipinski definition) is 2. The van der Waals surface area contributed by atoms with Crippen LogP contribution in [-0.2, 0) is 11.3 Å². The number of carbonyl (C=O) groups excluding carboxylic acids is 1. The number of hydrogen-bond donors (Lipinski definition) is 0. The van der Waals surface area contributed by atoms with E-state index in [0.29, 0.717) is 0 Å². The maximum absolute atomic E-state index is 12.9. The standard InChI is InChI=1S/C8H4ClF2NO/c9-6-2-7(10)5(1-8(6)11)3-12-4-13/h1-2H,3H2. The molecule has 1 aromatic rings. The molecule has 0 radical (unpaired) electrons. The average Bonchev–Trinajstić information content (AvgIpc) is 2.09. The second-order valence-corrected chi connectivity index (χ2v) is 2.67. The van der Waals surface area contributed by atoms with Gasteiger partial charge >= 0.3 is 0 Å². The molecule has 0 saturated heterocycles. The van der Waals surface area contributed by atoms with Gasteiger partial charge in [0, 0.05) is 5.56 Å². The molecule has 0 spiro atoms. The first kappa shape index (κ1) is 9.84. The molecule has 68 valence electrons. The third kappa shape index (κ3) is 2.34. The summed E-state index contributed by atoms with van der Waals surface area (Å²) in [5.41, 5.74) is -0.0229. The van der Waals surface area contributed by atoms with E-state index in [4.69, 9.17) is 11.6 Å². The summed E-state index contributed by atoms with van der Waals surface area (Å²) in [7, 11) is 0. The number of nitrogens with zero attached hydrogens (tertiary/aromatic N) is 1. The lowest BCUT2D eigenvalue weighted by Crippen LogP contribution is -1.91. The Morgan fingerprint density at radius 1 is 1.38 bits per heavy atom. The van der Waals surface area contributed by atoms with Gasteiger partial charge < -0.3 is 0 Å². The maximum Gasteiger partial charge on any atom is 0.235 e. The van der Waals surface area contributed by atoms with E-state index >= 15 is 0 Å². The zero-order valence-electron chi connectivity index (χ0n) is 6.35. The molecule has 13 heavy (non-hydrogen) atoms. The summed E-state index contributed by atoms with van der Waals surface area (Å²) in [6.45, 7) is -0.233. The zero-order chi connectivity index (χ0) is 9.84. The smallest absolute Gasteiger partial charge is 0.211 e. The second kappa shape index (κ2) is 4.12. The summed E-state index contributed by atoms with van der Waals surface area (Å²) in [5, 5.41) is -0.295. The molecule has 2 nitrogen and oxygen atoms in total. The van der Waals surface area contributed by atoms with Crippen molar-refractivity contribution < 1.29 is 13.6 Å². The summed E-state index contributed by atoms with van der Waals surface area (Å²) in [5.74, 6) is -1.43. The van der Waals surface area contributed by atoms with Crippen molar-refractivity contribution in [3.63, 3.8) is 0 Å². The van der Waals surface area contributed by atoms with E-state index in [1.54, 1.807) is 0 Å². The minimum Gasteiger partial charge on any atom is -0.211 e. The average molecular weight is 204 g/mol. The molecule has 1 aromatic carbocycles. The van der Waals surface area contributed by atoms with Gasteiger partial charge in [-0.1, -0.05) is 11.6 Å². The SMILES string of the molecule is O=C=NCc1cc(F)c(Cl)cc1F. The summed E-state index contributed by atoms with van der Waals surface area (Å²) < 4.78 is 25.7. The van der Waals surface area contributed by atoms with Crippen LogP contribution in [0.15, 0.2) is 17.1 Å². The monoisotopic (exact) mass is 203 g/mol. The fourth-order valence-corrected chi connectivity index (χ4v) is 0.953. The van der Waals surface area contributed by atoms with E-state index in [1.807, 2.05) is 0 Å². The largest absolute Gasteiger partial charge is 0.235 e. The number of rotatable bonds is 2. The number of aliphatic imine (C=N–C) groups is 1. The van der Waals surface area contributed by atoms with Crippen molar-refractivity contribution in [2.75, 3.05) is 0 Å². The fourth-order valence-electron chi connectivity index (χ4n) is 0.802. The Bertz CT molecular complexity index is 375. The zero-order valence-corrected chi connectivity index (χ0v) is 7.11. The van der Waals surface area contributed by atoms with Crippen LogP contribution in [0.3, 0.4) is 0 Å². The predicted octanol–water partition coefficient (Wildman–Crippen LogP) is 2.45. The predicted molar refractivity (Wildman–Crippen MR) is 43.2 cm³/mol. The van der Waals surface area contributed by atoms with Crippen molar-refractivity contribution in [3.8, 4) is 0 Å². The van der Waals surface area contributed by atoms with E-state index in [-0.39, 0.29) is 17.1 Å². The Morgan fingerprint density at radius 3 is 2.69 bits per heavy atom. The Kier molecular flexibility index (Phi) is 3.12. The highest BCUT2D eigenvalue weighted by molar-refractivity contribution is 6.30. The van der Waals surface area contributed by atoms with Crippen molar-refractivity contribution in [1.29, 1.82) is 0 Å². The van der Waals surface area contributed by atoms with Crippen LogP contribution in [0.5, 0.6) is 0 Å². The summed E-state index contributed by atoms with van der Waals surface area (Å²) in [6.07, 6.45) is 1.23. The first-order valence-corrected chi connectivity index (χ1v) is 3.70. The third-order valence-electron chi connectivity index (χ3n) is 1.40. The molecule has 0 aliphatic rings. The highest BCUT2D eigenvalue weighted by atomic mass is 35.5. The van der Waals surface area contributed by atoms with Crippen molar-refractivity contribution >= 4 is 17.7 Å². The molecule has 0 atom stereocenters. The van der Waals surface area contributed by atoms with Crippen molar-refractivity contribution in [2.24, 2.45) is 4.99 Å². The van der Waals surface area contributed by atoms with Crippen molar-refractivity contribution in [1.82, 2.24) is 0 Å². The maximum atomic E-state index is 12.9. The van der Waals surface area contributed by atoms with E-state index in [2.05, 4.69) is 4.99 Å². The topological polar surface area (TPSA) is 29.4 Å². The molecule has 0 aliphatic carbocycles. The summed E-state index contributed by atoms with van der Waals surface area (Å²) >= 11 is 5.30. The molecule has 0 N–H and O–H groups in total. The minimum absolute atomic E-state index is 0.0229.